The third kappa shape index (κ3) is 2.41. The smallest absolute Gasteiger partial charge is 0.371 e. The molecule has 0 aliphatic carbocycles. The van der Waals surface area contributed by atoms with Crippen LogP contribution >= 0.6 is 0 Å². The summed E-state index contributed by atoms with van der Waals surface area (Å²) in [6.45, 7) is 8.44. The van der Waals surface area contributed by atoms with E-state index in [0.717, 1.165) is 23.4 Å². The highest BCUT2D eigenvalue weighted by atomic mass is 16.4. The van der Waals surface area contributed by atoms with Gasteiger partial charge in [0.15, 0.2) is 0 Å². The molecule has 0 spiro atoms. The molecule has 1 N–H and O–H groups in total. The van der Waals surface area contributed by atoms with Crippen LogP contribution in [0.5, 0.6) is 0 Å². The highest BCUT2D eigenvalue weighted by Gasteiger charge is 2.16. The largest absolute Gasteiger partial charge is 0.475 e. The fourth-order valence-corrected chi connectivity index (χ4v) is 2.34. The van der Waals surface area contributed by atoms with Gasteiger partial charge in [0, 0.05) is 11.3 Å². The lowest BCUT2D eigenvalue weighted by Crippen LogP contribution is -2.04. The minimum atomic E-state index is -1.04. The Bertz CT molecular complexity index is 623. The predicted molar refractivity (Wildman–Crippen MR) is 70.6 cm³/mol. The molecule has 0 saturated heterocycles. The van der Waals surface area contributed by atoms with Gasteiger partial charge in [-0.3, -0.25) is 4.68 Å². The molecule has 2 rings (SSSR count). The predicted octanol–water partition coefficient (Wildman–Crippen LogP) is 2.71. The number of aromatic carboxylic acids is 1. The van der Waals surface area contributed by atoms with Crippen molar-refractivity contribution in [3.63, 3.8) is 0 Å². The zero-order chi connectivity index (χ0) is 14.2. The number of furan rings is 1. The van der Waals surface area contributed by atoms with Gasteiger partial charge in [-0.1, -0.05) is 6.92 Å². The molecular formula is C14H18N2O3. The van der Waals surface area contributed by atoms with Gasteiger partial charge in [-0.05, 0) is 38.8 Å². The molecule has 5 nitrogen and oxygen atoms in total. The summed E-state index contributed by atoms with van der Waals surface area (Å²) in [6, 6.07) is 1.57. The van der Waals surface area contributed by atoms with Crippen LogP contribution in [0.25, 0.3) is 0 Å². The molecule has 2 aromatic rings. The molecular weight excluding hydrogens is 244 g/mol. The van der Waals surface area contributed by atoms with Crippen molar-refractivity contribution in [1.82, 2.24) is 9.78 Å². The van der Waals surface area contributed by atoms with E-state index in [1.54, 1.807) is 13.0 Å². The highest BCUT2D eigenvalue weighted by molar-refractivity contribution is 5.84. The summed E-state index contributed by atoms with van der Waals surface area (Å²) < 4.78 is 7.11. The van der Waals surface area contributed by atoms with E-state index in [1.165, 1.54) is 5.56 Å². The molecule has 5 heteroatoms. The van der Waals surface area contributed by atoms with Crippen LogP contribution in [0, 0.1) is 20.8 Å². The molecule has 0 amide bonds. The zero-order valence-electron chi connectivity index (χ0n) is 11.6. The van der Waals surface area contributed by atoms with Crippen LogP contribution in [0.4, 0.5) is 0 Å². The van der Waals surface area contributed by atoms with E-state index in [0.29, 0.717) is 12.3 Å². The van der Waals surface area contributed by atoms with Crippen molar-refractivity contribution >= 4 is 5.97 Å². The highest BCUT2D eigenvalue weighted by Crippen LogP contribution is 2.19. The van der Waals surface area contributed by atoms with E-state index >= 15 is 0 Å². The number of carboxylic acids is 1. The molecule has 0 radical (unpaired) electrons. The number of hydrogen-bond donors (Lipinski definition) is 1. The van der Waals surface area contributed by atoms with Gasteiger partial charge in [0.2, 0.25) is 5.76 Å². The zero-order valence-corrected chi connectivity index (χ0v) is 11.6. The second kappa shape index (κ2) is 4.91. The van der Waals surface area contributed by atoms with Gasteiger partial charge in [0.1, 0.15) is 5.76 Å². The van der Waals surface area contributed by atoms with Crippen LogP contribution in [0.1, 0.15) is 45.8 Å². The van der Waals surface area contributed by atoms with Crippen LogP contribution in [-0.2, 0) is 13.0 Å². The van der Waals surface area contributed by atoms with E-state index in [-0.39, 0.29) is 5.76 Å². The van der Waals surface area contributed by atoms with Gasteiger partial charge in [0.25, 0.3) is 0 Å². The average Bonchev–Trinajstić information content (AvgIpc) is 2.82. The van der Waals surface area contributed by atoms with E-state index in [2.05, 4.69) is 12.0 Å². The Morgan fingerprint density at radius 3 is 2.58 bits per heavy atom. The first-order valence-electron chi connectivity index (χ1n) is 6.29. The van der Waals surface area contributed by atoms with Crippen molar-refractivity contribution in [2.75, 3.05) is 0 Å². The quantitative estimate of drug-likeness (QED) is 0.919. The number of carboxylic acid groups (broad SMARTS) is 1. The minimum absolute atomic E-state index is 0.0234. The normalized spacial score (nSPS) is 10.9. The first-order chi connectivity index (χ1) is 8.93. The van der Waals surface area contributed by atoms with Crippen LogP contribution in [-0.4, -0.2) is 20.9 Å². The summed E-state index contributed by atoms with van der Waals surface area (Å²) in [5, 5.41) is 13.4. The number of hydrogen-bond acceptors (Lipinski definition) is 3. The van der Waals surface area contributed by atoms with Gasteiger partial charge in [-0.2, -0.15) is 5.10 Å². The molecule has 0 aliphatic rings. The summed E-state index contributed by atoms with van der Waals surface area (Å²) >= 11 is 0. The van der Waals surface area contributed by atoms with Gasteiger partial charge in [0.05, 0.1) is 12.2 Å². The number of nitrogens with zero attached hydrogens (tertiary/aromatic N) is 2. The lowest BCUT2D eigenvalue weighted by atomic mass is 10.1. The van der Waals surface area contributed by atoms with Crippen molar-refractivity contribution in [3.05, 3.63) is 40.1 Å². The SMILES string of the molecule is CCc1c(C)nn(Cc2cc(C(=O)O)oc2C)c1C. The van der Waals surface area contributed by atoms with Gasteiger partial charge < -0.3 is 9.52 Å². The maximum absolute atomic E-state index is 10.9. The fourth-order valence-electron chi connectivity index (χ4n) is 2.34. The molecule has 102 valence electrons. The summed E-state index contributed by atoms with van der Waals surface area (Å²) in [4.78, 5) is 10.9. The Balaban J connectivity index is 2.34. The Hall–Kier alpha value is -2.04. The molecule has 0 aromatic carbocycles. The summed E-state index contributed by atoms with van der Waals surface area (Å²) in [6.07, 6.45) is 0.947. The first kappa shape index (κ1) is 13.4. The monoisotopic (exact) mass is 262 g/mol. The third-order valence-electron chi connectivity index (χ3n) is 3.44. The average molecular weight is 262 g/mol. The maximum Gasteiger partial charge on any atom is 0.371 e. The second-order valence-electron chi connectivity index (χ2n) is 4.66. The molecule has 0 atom stereocenters. The Labute approximate surface area is 111 Å². The van der Waals surface area contributed by atoms with Crippen LogP contribution in [0.3, 0.4) is 0 Å². The Kier molecular flexibility index (Phi) is 3.46. The number of aryl methyl sites for hydroxylation is 2. The Morgan fingerprint density at radius 2 is 2.11 bits per heavy atom. The lowest BCUT2D eigenvalue weighted by molar-refractivity contribution is 0.0661. The van der Waals surface area contributed by atoms with Crippen LogP contribution in [0.2, 0.25) is 0 Å². The molecule has 0 fully saturated rings. The second-order valence-corrected chi connectivity index (χ2v) is 4.66. The maximum atomic E-state index is 10.9. The minimum Gasteiger partial charge on any atom is -0.475 e. The van der Waals surface area contributed by atoms with Gasteiger partial charge in [-0.15, -0.1) is 0 Å². The molecule has 2 aromatic heterocycles. The number of aromatic nitrogens is 2. The molecule has 0 saturated carbocycles. The topological polar surface area (TPSA) is 68.3 Å². The van der Waals surface area contributed by atoms with Crippen LogP contribution in [0.15, 0.2) is 10.5 Å². The van der Waals surface area contributed by atoms with E-state index < -0.39 is 5.97 Å². The van der Waals surface area contributed by atoms with Crippen LogP contribution < -0.4 is 0 Å². The number of carbonyl (C=O) groups is 1. The van der Waals surface area contributed by atoms with Crippen molar-refractivity contribution in [2.24, 2.45) is 0 Å². The van der Waals surface area contributed by atoms with Crippen molar-refractivity contribution < 1.29 is 14.3 Å². The summed E-state index contributed by atoms with van der Waals surface area (Å²) in [7, 11) is 0. The van der Waals surface area contributed by atoms with Gasteiger partial charge >= 0.3 is 5.97 Å². The van der Waals surface area contributed by atoms with Crippen molar-refractivity contribution in [2.45, 2.75) is 40.7 Å². The molecule has 0 unspecified atom stereocenters. The summed E-state index contributed by atoms with van der Waals surface area (Å²) in [5.74, 6) is -0.440. The van der Waals surface area contributed by atoms with Crippen molar-refractivity contribution in [3.8, 4) is 0 Å². The first-order valence-corrected chi connectivity index (χ1v) is 6.29. The third-order valence-corrected chi connectivity index (χ3v) is 3.44. The Morgan fingerprint density at radius 1 is 1.42 bits per heavy atom. The molecule has 2 heterocycles. The summed E-state index contributed by atoms with van der Waals surface area (Å²) in [5.41, 5.74) is 4.25. The molecule has 0 bridgehead atoms. The van der Waals surface area contributed by atoms with Gasteiger partial charge in [-0.25, -0.2) is 4.79 Å². The molecule has 19 heavy (non-hydrogen) atoms. The lowest BCUT2D eigenvalue weighted by Gasteiger charge is -2.03. The van der Waals surface area contributed by atoms with E-state index in [9.17, 15) is 4.79 Å². The van der Waals surface area contributed by atoms with Crippen molar-refractivity contribution in [1.29, 1.82) is 0 Å². The van der Waals surface area contributed by atoms with E-state index in [1.807, 2.05) is 18.5 Å². The molecule has 0 aliphatic heterocycles. The van der Waals surface area contributed by atoms with E-state index in [4.69, 9.17) is 9.52 Å². The fraction of sp³-hybridized carbons (Fsp3) is 0.429. The number of rotatable bonds is 4. The standard InChI is InChI=1S/C14H18N2O3/c1-5-12-8(2)15-16(9(12)3)7-11-6-13(14(17)18)19-10(11)4/h6H,5,7H2,1-4H3,(H,17,18).